The number of nitrogens with zero attached hydrogens (tertiary/aromatic N) is 2. The minimum Gasteiger partial charge on any atom is -0.454 e. The predicted octanol–water partition coefficient (Wildman–Crippen LogP) is 2.01. The number of hydrogen-bond acceptors (Lipinski definition) is 6. The fraction of sp³-hybridized carbons (Fsp3) is 0.150. The second kappa shape index (κ2) is 7.07. The molecule has 2 N–H and O–H groups in total. The van der Waals surface area contributed by atoms with E-state index >= 15 is 0 Å². The maximum atomic E-state index is 12.4. The third-order valence-corrected chi connectivity index (χ3v) is 4.41. The predicted molar refractivity (Wildman–Crippen MR) is 103 cm³/mol. The average Bonchev–Trinajstić information content (AvgIpc) is 2.70. The summed E-state index contributed by atoms with van der Waals surface area (Å²) in [4.78, 5) is 43.4. The number of hydrogen-bond donors (Lipinski definition) is 2. The molecule has 0 spiro atoms. The van der Waals surface area contributed by atoms with E-state index in [0.717, 1.165) is 0 Å². The Morgan fingerprint density at radius 1 is 1.00 bits per heavy atom. The van der Waals surface area contributed by atoms with Crippen LogP contribution in [0.25, 0.3) is 21.7 Å². The Hall–Kier alpha value is -3.81. The fourth-order valence-corrected chi connectivity index (χ4v) is 3.03. The second-order valence-corrected chi connectivity index (χ2v) is 6.32. The Kier molecular flexibility index (Phi) is 4.44. The highest BCUT2D eigenvalue weighted by molar-refractivity contribution is 5.86. The lowest BCUT2D eigenvalue weighted by Gasteiger charge is -2.13. The largest absolute Gasteiger partial charge is 0.454 e. The first kappa shape index (κ1) is 17.6. The molecule has 4 rings (SSSR count). The van der Waals surface area contributed by atoms with Crippen molar-refractivity contribution in [3.8, 4) is 0 Å². The number of esters is 1. The molecule has 0 saturated carbocycles. The Morgan fingerprint density at radius 2 is 1.68 bits per heavy atom. The van der Waals surface area contributed by atoms with Crippen LogP contribution in [0.3, 0.4) is 0 Å². The Labute approximate surface area is 158 Å². The molecule has 0 radical (unpaired) electrons. The van der Waals surface area contributed by atoms with Crippen LogP contribution in [-0.2, 0) is 16.0 Å². The summed E-state index contributed by atoms with van der Waals surface area (Å²) in [6, 6.07) is 13.8. The van der Waals surface area contributed by atoms with Crippen molar-refractivity contribution in [2.24, 2.45) is 0 Å². The number of nitrogens with one attached hydrogen (secondary N) is 2. The lowest BCUT2D eigenvalue weighted by Crippen LogP contribution is -2.19. The molecule has 4 aromatic rings. The summed E-state index contributed by atoms with van der Waals surface area (Å²) in [5.74, 6) is -0.288. The number of fused-ring (bicyclic) bond motifs is 2. The third kappa shape index (κ3) is 3.27. The molecule has 28 heavy (non-hydrogen) atoms. The third-order valence-electron chi connectivity index (χ3n) is 4.41. The maximum Gasteiger partial charge on any atom is 0.312 e. The minimum atomic E-state index is -0.751. The Balaban J connectivity index is 1.57. The Bertz CT molecular complexity index is 1310. The molecule has 8 nitrogen and oxygen atoms in total. The molecule has 2 aromatic carbocycles. The van der Waals surface area contributed by atoms with E-state index in [0.29, 0.717) is 27.4 Å². The zero-order valence-electron chi connectivity index (χ0n) is 14.9. The van der Waals surface area contributed by atoms with Crippen molar-refractivity contribution >= 4 is 27.6 Å². The number of carbonyl (C=O) groups is 1. The number of para-hydroxylation sites is 1. The van der Waals surface area contributed by atoms with Crippen molar-refractivity contribution in [2.45, 2.75) is 19.4 Å². The first-order valence-electron chi connectivity index (χ1n) is 8.67. The summed E-state index contributed by atoms with van der Waals surface area (Å²) < 4.78 is 5.42. The molecule has 0 amide bonds. The lowest BCUT2D eigenvalue weighted by atomic mass is 10.1. The first-order chi connectivity index (χ1) is 13.5. The molecule has 8 heteroatoms. The zero-order chi connectivity index (χ0) is 19.7. The van der Waals surface area contributed by atoms with E-state index in [1.165, 1.54) is 0 Å². The molecule has 0 aliphatic carbocycles. The van der Waals surface area contributed by atoms with E-state index in [-0.39, 0.29) is 23.4 Å². The van der Waals surface area contributed by atoms with Gasteiger partial charge in [0.05, 0.1) is 28.4 Å². The van der Waals surface area contributed by atoms with Gasteiger partial charge in [0.15, 0.2) is 11.9 Å². The van der Waals surface area contributed by atoms with Crippen molar-refractivity contribution in [3.63, 3.8) is 0 Å². The monoisotopic (exact) mass is 376 g/mol. The normalized spacial score (nSPS) is 12.2. The van der Waals surface area contributed by atoms with Crippen molar-refractivity contribution in [1.29, 1.82) is 0 Å². The summed E-state index contributed by atoms with van der Waals surface area (Å²) in [5, 5.41) is 7.87. The van der Waals surface area contributed by atoms with Gasteiger partial charge in [0, 0.05) is 5.39 Å². The molecule has 140 valence electrons. The van der Waals surface area contributed by atoms with E-state index in [2.05, 4.69) is 20.2 Å². The van der Waals surface area contributed by atoms with Crippen molar-refractivity contribution < 1.29 is 9.53 Å². The fourth-order valence-electron chi connectivity index (χ4n) is 3.03. The van der Waals surface area contributed by atoms with Gasteiger partial charge in [-0.05, 0) is 25.1 Å². The van der Waals surface area contributed by atoms with E-state index < -0.39 is 12.1 Å². The Morgan fingerprint density at radius 3 is 2.46 bits per heavy atom. The van der Waals surface area contributed by atoms with Crippen LogP contribution < -0.4 is 11.1 Å². The van der Waals surface area contributed by atoms with E-state index in [1.54, 1.807) is 55.5 Å². The number of benzene rings is 2. The van der Waals surface area contributed by atoms with Gasteiger partial charge in [-0.25, -0.2) is 10.1 Å². The van der Waals surface area contributed by atoms with Gasteiger partial charge in [-0.15, -0.1) is 0 Å². The number of aromatic nitrogens is 4. The van der Waals surface area contributed by atoms with Gasteiger partial charge >= 0.3 is 5.97 Å². The van der Waals surface area contributed by atoms with Crippen LogP contribution >= 0.6 is 0 Å². The van der Waals surface area contributed by atoms with Crippen molar-refractivity contribution in [3.05, 3.63) is 80.8 Å². The number of aromatic amines is 2. The molecular formula is C20H16N4O4. The van der Waals surface area contributed by atoms with Gasteiger partial charge in [0.1, 0.15) is 0 Å². The van der Waals surface area contributed by atoms with E-state index in [9.17, 15) is 14.4 Å². The summed E-state index contributed by atoms with van der Waals surface area (Å²) in [6.07, 6.45) is -0.877. The highest BCUT2D eigenvalue weighted by Crippen LogP contribution is 2.17. The van der Waals surface area contributed by atoms with Crippen LogP contribution in [0.2, 0.25) is 0 Å². The van der Waals surface area contributed by atoms with Crippen LogP contribution in [0.5, 0.6) is 0 Å². The van der Waals surface area contributed by atoms with Crippen LogP contribution in [0.4, 0.5) is 0 Å². The van der Waals surface area contributed by atoms with Gasteiger partial charge in [0.25, 0.3) is 11.1 Å². The minimum absolute atomic E-state index is 0.126. The number of rotatable bonds is 4. The van der Waals surface area contributed by atoms with Gasteiger partial charge in [0.2, 0.25) is 0 Å². The average molecular weight is 376 g/mol. The molecule has 0 unspecified atom stereocenters. The molecule has 0 bridgehead atoms. The molecule has 2 heterocycles. The summed E-state index contributed by atoms with van der Waals surface area (Å²) in [7, 11) is 0. The van der Waals surface area contributed by atoms with Crippen LogP contribution in [0.1, 0.15) is 24.5 Å². The van der Waals surface area contributed by atoms with E-state index in [4.69, 9.17) is 4.74 Å². The molecule has 0 aliphatic heterocycles. The van der Waals surface area contributed by atoms with Gasteiger partial charge in [-0.2, -0.15) is 5.10 Å². The van der Waals surface area contributed by atoms with Crippen molar-refractivity contribution in [1.82, 2.24) is 20.2 Å². The van der Waals surface area contributed by atoms with Gasteiger partial charge in [-0.3, -0.25) is 14.4 Å². The molecule has 0 saturated heterocycles. The summed E-state index contributed by atoms with van der Waals surface area (Å²) in [5.41, 5.74) is 0.320. The SMILES string of the molecule is C[C@H](OC(=O)Cc1n[nH]c(=O)c2ccccc12)c1nc2ccccc2c(=O)[nH]1. The number of ether oxygens (including phenoxy) is 1. The quantitative estimate of drug-likeness (QED) is 0.526. The lowest BCUT2D eigenvalue weighted by molar-refractivity contribution is -0.148. The molecule has 0 aliphatic rings. The topological polar surface area (TPSA) is 118 Å². The van der Waals surface area contributed by atoms with Crippen molar-refractivity contribution in [2.75, 3.05) is 0 Å². The zero-order valence-corrected chi connectivity index (χ0v) is 14.9. The molecule has 1 atom stereocenters. The van der Waals surface area contributed by atoms with Gasteiger partial charge < -0.3 is 9.72 Å². The standard InChI is InChI=1S/C20H16N4O4/c1-11(18-21-15-9-5-4-8-14(15)19(26)22-18)28-17(25)10-16-12-6-2-3-7-13(12)20(27)24-23-16/h2-9,11H,10H2,1H3,(H,24,27)(H,21,22,26)/t11-/m0/s1. The van der Waals surface area contributed by atoms with Crippen LogP contribution in [0.15, 0.2) is 58.1 Å². The van der Waals surface area contributed by atoms with E-state index in [1.807, 2.05) is 0 Å². The number of carbonyl (C=O) groups excluding carboxylic acids is 1. The highest BCUT2D eigenvalue weighted by atomic mass is 16.5. The second-order valence-electron chi connectivity index (χ2n) is 6.32. The maximum absolute atomic E-state index is 12.4. The van der Waals surface area contributed by atoms with Crippen LogP contribution in [0, 0.1) is 0 Å². The first-order valence-corrected chi connectivity index (χ1v) is 8.67. The molecular weight excluding hydrogens is 360 g/mol. The highest BCUT2D eigenvalue weighted by Gasteiger charge is 2.18. The smallest absolute Gasteiger partial charge is 0.312 e. The number of H-pyrrole nitrogens is 2. The summed E-state index contributed by atoms with van der Waals surface area (Å²) >= 11 is 0. The molecule has 0 fully saturated rings. The molecule has 2 aromatic heterocycles. The van der Waals surface area contributed by atoms with Gasteiger partial charge in [-0.1, -0.05) is 30.3 Å². The van der Waals surface area contributed by atoms with Crippen LogP contribution in [-0.4, -0.2) is 26.1 Å². The summed E-state index contributed by atoms with van der Waals surface area (Å²) in [6.45, 7) is 1.63.